The van der Waals surface area contributed by atoms with Gasteiger partial charge in [-0.1, -0.05) is 0 Å². The van der Waals surface area contributed by atoms with Crippen LogP contribution in [0.3, 0.4) is 0 Å². The van der Waals surface area contributed by atoms with Gasteiger partial charge >= 0.3 is 0 Å². The lowest BCUT2D eigenvalue weighted by Gasteiger charge is -2.38. The molecule has 0 aliphatic carbocycles. The number of nitrogens with zero attached hydrogens (tertiary/aromatic N) is 1. The summed E-state index contributed by atoms with van der Waals surface area (Å²) in [5.41, 5.74) is 0. The van der Waals surface area contributed by atoms with Crippen molar-refractivity contribution in [1.82, 2.24) is 10.2 Å². The molecule has 1 saturated heterocycles. The largest absolute Gasteiger partial charge is 0.373 e. The highest BCUT2D eigenvalue weighted by Gasteiger charge is 2.26. The van der Waals surface area contributed by atoms with Crippen LogP contribution in [0.15, 0.2) is 12.1 Å². The Kier molecular flexibility index (Phi) is 5.72. The Hall–Kier alpha value is -1.24. The van der Waals surface area contributed by atoms with Crippen LogP contribution < -0.4 is 5.32 Å². The molecule has 0 saturated carbocycles. The first-order chi connectivity index (χ1) is 10.4. The number of rotatable bonds is 5. The third-order valence-electron chi connectivity index (χ3n) is 3.81. The highest BCUT2D eigenvalue weighted by atomic mass is 32.1. The first kappa shape index (κ1) is 17.1. The van der Waals surface area contributed by atoms with Crippen molar-refractivity contribution in [3.05, 3.63) is 21.9 Å². The molecule has 5 nitrogen and oxygen atoms in total. The molecule has 1 fully saturated rings. The van der Waals surface area contributed by atoms with Crippen LogP contribution in [0.25, 0.3) is 0 Å². The van der Waals surface area contributed by atoms with E-state index in [4.69, 9.17) is 4.74 Å². The molecule has 0 aromatic carbocycles. The predicted molar refractivity (Wildman–Crippen MR) is 87.7 cm³/mol. The molecule has 122 valence electrons. The number of thiophene rings is 1. The minimum Gasteiger partial charge on any atom is -0.373 e. The van der Waals surface area contributed by atoms with E-state index in [-0.39, 0.29) is 29.9 Å². The first-order valence-electron chi connectivity index (χ1n) is 7.65. The molecule has 2 heterocycles. The number of ether oxygens (including phenoxy) is 1. The van der Waals surface area contributed by atoms with Crippen LogP contribution in [0.4, 0.5) is 0 Å². The summed E-state index contributed by atoms with van der Waals surface area (Å²) < 4.78 is 5.73. The highest BCUT2D eigenvalue weighted by Crippen LogP contribution is 2.17. The molecule has 1 aromatic heterocycles. The van der Waals surface area contributed by atoms with E-state index in [9.17, 15) is 9.59 Å². The zero-order valence-electron chi connectivity index (χ0n) is 13.6. The van der Waals surface area contributed by atoms with Gasteiger partial charge in [-0.3, -0.25) is 14.5 Å². The fraction of sp³-hybridized carbons (Fsp3) is 0.625. The van der Waals surface area contributed by atoms with E-state index < -0.39 is 0 Å². The van der Waals surface area contributed by atoms with Crippen molar-refractivity contribution >= 4 is 23.0 Å². The average molecular weight is 324 g/mol. The summed E-state index contributed by atoms with van der Waals surface area (Å²) in [6.45, 7) is 10.1. The minimum atomic E-state index is -0.112. The van der Waals surface area contributed by atoms with Gasteiger partial charge in [-0.2, -0.15) is 0 Å². The number of ketones is 1. The van der Waals surface area contributed by atoms with E-state index in [0.717, 1.165) is 13.1 Å². The Morgan fingerprint density at radius 1 is 1.32 bits per heavy atom. The fourth-order valence-electron chi connectivity index (χ4n) is 2.68. The molecule has 6 heteroatoms. The maximum atomic E-state index is 12.1. The maximum Gasteiger partial charge on any atom is 0.261 e. The lowest BCUT2D eigenvalue weighted by molar-refractivity contribution is -0.0778. The van der Waals surface area contributed by atoms with Gasteiger partial charge in [0.2, 0.25) is 0 Å². The van der Waals surface area contributed by atoms with Crippen LogP contribution >= 0.6 is 11.3 Å². The predicted octanol–water partition coefficient (Wildman–Crippen LogP) is 2.18. The molecule has 3 unspecified atom stereocenters. The number of hydrogen-bond acceptors (Lipinski definition) is 5. The molecule has 0 spiro atoms. The Morgan fingerprint density at radius 3 is 2.45 bits per heavy atom. The topological polar surface area (TPSA) is 58.6 Å². The van der Waals surface area contributed by atoms with Gasteiger partial charge in [0.05, 0.1) is 22.0 Å². The molecule has 3 atom stereocenters. The third-order valence-corrected chi connectivity index (χ3v) is 4.99. The number of nitrogens with one attached hydrogen (secondary N) is 1. The molecule has 1 amide bonds. The summed E-state index contributed by atoms with van der Waals surface area (Å²) in [7, 11) is 0. The Morgan fingerprint density at radius 2 is 1.91 bits per heavy atom. The molecule has 1 aliphatic rings. The van der Waals surface area contributed by atoms with Crippen molar-refractivity contribution in [3.8, 4) is 0 Å². The fourth-order valence-corrected chi connectivity index (χ4v) is 3.50. The number of morpholine rings is 1. The van der Waals surface area contributed by atoms with Gasteiger partial charge < -0.3 is 10.1 Å². The maximum absolute atomic E-state index is 12.1. The summed E-state index contributed by atoms with van der Waals surface area (Å²) in [6.07, 6.45) is 0.439. The Balaban J connectivity index is 1.85. The molecule has 0 bridgehead atoms. The van der Waals surface area contributed by atoms with Crippen molar-refractivity contribution in [2.45, 2.75) is 45.9 Å². The number of Topliss-reactive ketones (excluding diaryl/α,β-unsaturated/α-hetero) is 1. The SMILES string of the molecule is CC(=O)c1ccc(C(=O)NCC(C)N2CC(C)OC(C)C2)s1. The zero-order valence-corrected chi connectivity index (χ0v) is 14.4. The summed E-state index contributed by atoms with van der Waals surface area (Å²) in [5.74, 6) is -0.118. The van der Waals surface area contributed by atoms with Crippen LogP contribution in [-0.4, -0.2) is 54.5 Å². The first-order valence-corrected chi connectivity index (χ1v) is 8.47. The van der Waals surface area contributed by atoms with Gasteiger partial charge in [-0.15, -0.1) is 11.3 Å². The average Bonchev–Trinajstić information content (AvgIpc) is 2.93. The van der Waals surface area contributed by atoms with E-state index in [1.54, 1.807) is 12.1 Å². The lowest BCUT2D eigenvalue weighted by atomic mass is 10.1. The molecule has 1 aromatic rings. The number of carbonyl (C=O) groups is 2. The van der Waals surface area contributed by atoms with Crippen molar-refractivity contribution in [3.63, 3.8) is 0 Å². The second-order valence-electron chi connectivity index (χ2n) is 5.99. The highest BCUT2D eigenvalue weighted by molar-refractivity contribution is 7.15. The quantitative estimate of drug-likeness (QED) is 0.844. The van der Waals surface area contributed by atoms with Crippen molar-refractivity contribution < 1.29 is 14.3 Å². The number of carbonyl (C=O) groups excluding carboxylic acids is 2. The van der Waals surface area contributed by atoms with Crippen LogP contribution in [-0.2, 0) is 4.74 Å². The van der Waals surface area contributed by atoms with E-state index in [0.29, 0.717) is 16.3 Å². The molecule has 22 heavy (non-hydrogen) atoms. The summed E-state index contributed by atoms with van der Waals surface area (Å²) in [6, 6.07) is 3.67. The molecule has 1 N–H and O–H groups in total. The standard InChI is InChI=1S/C16H24N2O3S/c1-10(18-8-11(2)21-12(3)9-18)7-17-16(20)15-6-5-14(22-15)13(4)19/h5-6,10-12H,7-9H2,1-4H3,(H,17,20). The van der Waals surface area contributed by atoms with Gasteiger partial charge in [0, 0.05) is 25.7 Å². The zero-order chi connectivity index (χ0) is 16.3. The van der Waals surface area contributed by atoms with Crippen molar-refractivity contribution in [2.75, 3.05) is 19.6 Å². The van der Waals surface area contributed by atoms with Crippen LogP contribution in [0.5, 0.6) is 0 Å². The van der Waals surface area contributed by atoms with E-state index in [2.05, 4.69) is 31.0 Å². The smallest absolute Gasteiger partial charge is 0.261 e. The van der Waals surface area contributed by atoms with Gasteiger partial charge in [-0.05, 0) is 39.8 Å². The third kappa shape index (κ3) is 4.38. The van der Waals surface area contributed by atoms with Gasteiger partial charge in [0.25, 0.3) is 5.91 Å². The van der Waals surface area contributed by atoms with E-state index >= 15 is 0 Å². The lowest BCUT2D eigenvalue weighted by Crippen LogP contribution is -2.52. The van der Waals surface area contributed by atoms with Gasteiger partial charge in [0.15, 0.2) is 5.78 Å². The summed E-state index contributed by atoms with van der Waals surface area (Å²) >= 11 is 1.24. The van der Waals surface area contributed by atoms with Crippen LogP contribution in [0.1, 0.15) is 47.0 Å². The summed E-state index contributed by atoms with van der Waals surface area (Å²) in [5, 5.41) is 2.96. The minimum absolute atomic E-state index is 0.00582. The number of hydrogen-bond donors (Lipinski definition) is 1. The van der Waals surface area contributed by atoms with Crippen molar-refractivity contribution in [2.24, 2.45) is 0 Å². The molecular weight excluding hydrogens is 300 g/mol. The summed E-state index contributed by atoms with van der Waals surface area (Å²) in [4.78, 5) is 27.0. The monoisotopic (exact) mass is 324 g/mol. The van der Waals surface area contributed by atoms with Crippen molar-refractivity contribution in [1.29, 1.82) is 0 Å². The molecule has 1 aliphatic heterocycles. The second-order valence-corrected chi connectivity index (χ2v) is 7.07. The normalized spacial score (nSPS) is 24.0. The Bertz CT molecular complexity index is 533. The Labute approximate surface area is 135 Å². The van der Waals surface area contributed by atoms with E-state index in [1.165, 1.54) is 18.3 Å². The second kappa shape index (κ2) is 7.35. The number of amides is 1. The van der Waals surface area contributed by atoms with E-state index in [1.807, 2.05) is 0 Å². The van der Waals surface area contributed by atoms with Crippen LogP contribution in [0.2, 0.25) is 0 Å². The molecule has 2 rings (SSSR count). The van der Waals surface area contributed by atoms with Gasteiger partial charge in [0.1, 0.15) is 0 Å². The van der Waals surface area contributed by atoms with Gasteiger partial charge in [-0.25, -0.2) is 0 Å². The molecule has 0 radical (unpaired) electrons. The van der Waals surface area contributed by atoms with Crippen LogP contribution in [0, 0.1) is 0 Å². The molecular formula is C16H24N2O3S.